The fourth-order valence-electron chi connectivity index (χ4n) is 2.44. The van der Waals surface area contributed by atoms with Crippen LogP contribution < -0.4 is 0 Å². The van der Waals surface area contributed by atoms with Crippen LogP contribution in [0, 0.1) is 5.92 Å². The van der Waals surface area contributed by atoms with E-state index in [2.05, 4.69) is 33.4 Å². The first-order valence-electron chi connectivity index (χ1n) is 6.54. The van der Waals surface area contributed by atoms with Crippen LogP contribution >= 0.6 is 12.6 Å². The second kappa shape index (κ2) is 5.31. The summed E-state index contributed by atoms with van der Waals surface area (Å²) in [5.41, 5.74) is -0.0790. The van der Waals surface area contributed by atoms with Crippen molar-refractivity contribution < 1.29 is 9.53 Å². The van der Waals surface area contributed by atoms with Gasteiger partial charge >= 0.3 is 0 Å². The highest BCUT2D eigenvalue weighted by Gasteiger charge is 2.34. The normalized spacial score (nSPS) is 26.9. The van der Waals surface area contributed by atoms with E-state index < -0.39 is 4.75 Å². The van der Waals surface area contributed by atoms with Crippen LogP contribution in [0.15, 0.2) is 0 Å². The smallest absolute Gasteiger partial charge is 0.151 e. The molecule has 0 heterocycles. The zero-order valence-corrected chi connectivity index (χ0v) is 12.6. The molecular formula is C14H26O2S. The molecule has 0 saturated heterocycles. The van der Waals surface area contributed by atoms with Gasteiger partial charge < -0.3 is 4.74 Å². The summed E-state index contributed by atoms with van der Waals surface area (Å²) < 4.78 is 5.46. The van der Waals surface area contributed by atoms with Gasteiger partial charge in [-0.05, 0) is 60.3 Å². The van der Waals surface area contributed by atoms with Crippen LogP contribution in [0.4, 0.5) is 0 Å². The minimum atomic E-state index is -0.498. The van der Waals surface area contributed by atoms with Gasteiger partial charge in [0.1, 0.15) is 0 Å². The Morgan fingerprint density at radius 1 is 1.06 bits per heavy atom. The first kappa shape index (κ1) is 15.0. The molecule has 100 valence electrons. The molecule has 1 aliphatic rings. The van der Waals surface area contributed by atoms with Gasteiger partial charge in [0.25, 0.3) is 0 Å². The highest BCUT2D eigenvalue weighted by Crippen LogP contribution is 2.33. The number of rotatable bonds is 3. The van der Waals surface area contributed by atoms with Gasteiger partial charge in [-0.2, -0.15) is 12.6 Å². The SMILES string of the molecule is CC(C)(C)OC1CCC(C(=O)C(C)(C)S)CC1. The van der Waals surface area contributed by atoms with Gasteiger partial charge in [0.2, 0.25) is 0 Å². The maximum atomic E-state index is 12.1. The lowest BCUT2D eigenvalue weighted by Gasteiger charge is -2.34. The third kappa shape index (κ3) is 5.01. The van der Waals surface area contributed by atoms with Gasteiger partial charge in [-0.3, -0.25) is 4.79 Å². The van der Waals surface area contributed by atoms with Gasteiger partial charge in [0.15, 0.2) is 5.78 Å². The first-order chi connectivity index (χ1) is 7.59. The Kier molecular flexibility index (Phi) is 4.70. The molecule has 0 aromatic heterocycles. The second-order valence-electron chi connectivity index (χ2n) is 6.63. The summed E-state index contributed by atoms with van der Waals surface area (Å²) in [6, 6.07) is 0. The number of hydrogen-bond donors (Lipinski definition) is 1. The molecule has 1 fully saturated rings. The van der Waals surface area contributed by atoms with Crippen molar-refractivity contribution in [2.45, 2.75) is 76.8 Å². The van der Waals surface area contributed by atoms with Crippen molar-refractivity contribution in [3.63, 3.8) is 0 Å². The van der Waals surface area contributed by atoms with E-state index in [-0.39, 0.29) is 17.3 Å². The van der Waals surface area contributed by atoms with Gasteiger partial charge in [0, 0.05) is 5.92 Å². The molecule has 3 heteroatoms. The van der Waals surface area contributed by atoms with E-state index in [9.17, 15) is 4.79 Å². The van der Waals surface area contributed by atoms with Crippen molar-refractivity contribution in [2.75, 3.05) is 0 Å². The summed E-state index contributed by atoms with van der Waals surface area (Å²) in [4.78, 5) is 12.1. The van der Waals surface area contributed by atoms with E-state index in [1.807, 2.05) is 13.8 Å². The Morgan fingerprint density at radius 3 is 1.88 bits per heavy atom. The highest BCUT2D eigenvalue weighted by molar-refractivity contribution is 7.82. The molecule has 0 aromatic rings. The van der Waals surface area contributed by atoms with Crippen LogP contribution in [0.2, 0.25) is 0 Å². The molecule has 0 N–H and O–H groups in total. The van der Waals surface area contributed by atoms with E-state index in [1.165, 1.54) is 0 Å². The van der Waals surface area contributed by atoms with Crippen LogP contribution in [0.25, 0.3) is 0 Å². The molecule has 0 amide bonds. The summed E-state index contributed by atoms with van der Waals surface area (Å²) in [6.45, 7) is 10.0. The first-order valence-corrected chi connectivity index (χ1v) is 6.99. The average molecular weight is 258 g/mol. The van der Waals surface area contributed by atoms with E-state index in [0.29, 0.717) is 6.10 Å². The van der Waals surface area contributed by atoms with Crippen molar-refractivity contribution in [3.05, 3.63) is 0 Å². The van der Waals surface area contributed by atoms with Crippen molar-refractivity contribution in [2.24, 2.45) is 5.92 Å². The third-order valence-corrected chi connectivity index (χ3v) is 3.39. The molecule has 17 heavy (non-hydrogen) atoms. The molecule has 1 rings (SSSR count). The molecule has 0 spiro atoms. The van der Waals surface area contributed by atoms with Crippen molar-refractivity contribution in [3.8, 4) is 0 Å². The molecule has 0 atom stereocenters. The number of hydrogen-bond acceptors (Lipinski definition) is 3. The number of thiol groups is 1. The zero-order chi connectivity index (χ0) is 13.3. The standard InChI is InChI=1S/C14H26O2S/c1-13(2,3)16-11-8-6-10(7-9-11)12(15)14(4,5)17/h10-11,17H,6-9H2,1-5H3. The topological polar surface area (TPSA) is 26.3 Å². The van der Waals surface area contributed by atoms with E-state index in [1.54, 1.807) is 0 Å². The van der Waals surface area contributed by atoms with Crippen LogP contribution in [0.1, 0.15) is 60.3 Å². The average Bonchev–Trinajstić information content (AvgIpc) is 2.14. The van der Waals surface area contributed by atoms with Gasteiger partial charge in [-0.1, -0.05) is 0 Å². The minimum Gasteiger partial charge on any atom is -0.373 e. The molecule has 2 nitrogen and oxygen atoms in total. The molecule has 0 unspecified atom stereocenters. The molecular weight excluding hydrogens is 232 g/mol. The molecule has 1 aliphatic carbocycles. The Balaban J connectivity index is 2.44. The maximum Gasteiger partial charge on any atom is 0.151 e. The summed E-state index contributed by atoms with van der Waals surface area (Å²) >= 11 is 4.37. The third-order valence-electron chi connectivity index (χ3n) is 3.17. The zero-order valence-electron chi connectivity index (χ0n) is 11.7. The highest BCUT2D eigenvalue weighted by atomic mass is 32.1. The van der Waals surface area contributed by atoms with Crippen molar-refractivity contribution >= 4 is 18.4 Å². The summed E-state index contributed by atoms with van der Waals surface area (Å²) in [5, 5.41) is 0. The lowest BCUT2D eigenvalue weighted by atomic mass is 9.81. The molecule has 0 bridgehead atoms. The Morgan fingerprint density at radius 2 is 1.53 bits per heavy atom. The quantitative estimate of drug-likeness (QED) is 0.782. The van der Waals surface area contributed by atoms with Crippen LogP contribution in [0.3, 0.4) is 0 Å². The number of carbonyl (C=O) groups excluding carboxylic acids is 1. The second-order valence-corrected chi connectivity index (χ2v) is 7.75. The van der Waals surface area contributed by atoms with Gasteiger partial charge in [0.05, 0.1) is 16.5 Å². The number of carbonyl (C=O) groups is 1. The maximum absolute atomic E-state index is 12.1. The molecule has 1 saturated carbocycles. The predicted octanol–water partition coefficient (Wildman–Crippen LogP) is 3.64. The van der Waals surface area contributed by atoms with Crippen molar-refractivity contribution in [1.29, 1.82) is 0 Å². The van der Waals surface area contributed by atoms with Crippen molar-refractivity contribution in [1.82, 2.24) is 0 Å². The Labute approximate surface area is 111 Å². The predicted molar refractivity (Wildman–Crippen MR) is 74.7 cm³/mol. The molecule has 0 radical (unpaired) electrons. The van der Waals surface area contributed by atoms with E-state index in [4.69, 9.17) is 4.74 Å². The largest absolute Gasteiger partial charge is 0.373 e. The van der Waals surface area contributed by atoms with Crippen LogP contribution in [-0.2, 0) is 9.53 Å². The Bertz CT molecular complexity index is 265. The summed E-state index contributed by atoms with van der Waals surface area (Å²) in [7, 11) is 0. The lowest BCUT2D eigenvalue weighted by molar-refractivity contribution is -0.128. The number of ketones is 1. The fraction of sp³-hybridized carbons (Fsp3) is 0.929. The molecule has 0 aromatic carbocycles. The van der Waals surface area contributed by atoms with E-state index >= 15 is 0 Å². The Hall–Kier alpha value is -0.0200. The monoisotopic (exact) mass is 258 g/mol. The van der Waals surface area contributed by atoms with Gasteiger partial charge in [-0.15, -0.1) is 0 Å². The van der Waals surface area contributed by atoms with Crippen LogP contribution in [0.5, 0.6) is 0 Å². The fourth-order valence-corrected chi connectivity index (χ4v) is 2.62. The summed E-state index contributed by atoms with van der Waals surface area (Å²) in [6.07, 6.45) is 4.21. The lowest BCUT2D eigenvalue weighted by Crippen LogP contribution is -2.37. The van der Waals surface area contributed by atoms with Gasteiger partial charge in [-0.25, -0.2) is 0 Å². The number of ether oxygens (including phenoxy) is 1. The van der Waals surface area contributed by atoms with Crippen LogP contribution in [-0.4, -0.2) is 22.2 Å². The van der Waals surface area contributed by atoms with E-state index in [0.717, 1.165) is 25.7 Å². The summed E-state index contributed by atoms with van der Waals surface area (Å²) in [5.74, 6) is 0.470. The minimum absolute atomic E-state index is 0.0790. The molecule has 0 aliphatic heterocycles. The number of Topliss-reactive ketones (excluding diaryl/α,β-unsaturated/α-hetero) is 1.